The standard InChI is InChI=1S/C15H18N4O2/c1-9-13(16)14(19(2)18-9)17-15(20)11-7-10-5-3-4-6-12(10)21-8-11/h3-6,11H,7-8,16H2,1-2H3,(H,17,20). The summed E-state index contributed by atoms with van der Waals surface area (Å²) in [4.78, 5) is 12.4. The summed E-state index contributed by atoms with van der Waals surface area (Å²) in [6, 6.07) is 7.78. The van der Waals surface area contributed by atoms with Crippen LogP contribution in [0.25, 0.3) is 0 Å². The second kappa shape index (κ2) is 5.12. The number of rotatable bonds is 2. The van der Waals surface area contributed by atoms with Gasteiger partial charge in [-0.25, -0.2) is 0 Å². The number of hydrogen-bond acceptors (Lipinski definition) is 4. The fraction of sp³-hybridized carbons (Fsp3) is 0.333. The van der Waals surface area contributed by atoms with E-state index < -0.39 is 0 Å². The maximum Gasteiger partial charge on any atom is 0.232 e. The molecule has 1 amide bonds. The van der Waals surface area contributed by atoms with Gasteiger partial charge in [-0.15, -0.1) is 0 Å². The van der Waals surface area contributed by atoms with Crippen molar-refractivity contribution in [3.63, 3.8) is 0 Å². The normalized spacial score (nSPS) is 17.0. The number of amides is 1. The number of hydrogen-bond donors (Lipinski definition) is 2. The molecule has 6 heteroatoms. The highest BCUT2D eigenvalue weighted by atomic mass is 16.5. The number of aromatic nitrogens is 2. The molecule has 0 fully saturated rings. The molecular weight excluding hydrogens is 268 g/mol. The predicted octanol–water partition coefficient (Wildman–Crippen LogP) is 1.50. The highest BCUT2D eigenvalue weighted by Gasteiger charge is 2.27. The Morgan fingerprint density at radius 3 is 2.95 bits per heavy atom. The van der Waals surface area contributed by atoms with Crippen molar-refractivity contribution in [3.05, 3.63) is 35.5 Å². The summed E-state index contributed by atoms with van der Waals surface area (Å²) in [6.07, 6.45) is 0.665. The molecule has 0 bridgehead atoms. The third kappa shape index (κ3) is 2.44. The molecule has 6 nitrogen and oxygen atoms in total. The van der Waals surface area contributed by atoms with Crippen LogP contribution in [-0.4, -0.2) is 22.3 Å². The predicted molar refractivity (Wildman–Crippen MR) is 80.1 cm³/mol. The van der Waals surface area contributed by atoms with E-state index in [1.165, 1.54) is 0 Å². The number of nitrogens with zero attached hydrogens (tertiary/aromatic N) is 2. The number of nitrogens with two attached hydrogens (primary N) is 1. The number of carbonyl (C=O) groups excluding carboxylic acids is 1. The largest absolute Gasteiger partial charge is 0.492 e. The first-order valence-corrected chi connectivity index (χ1v) is 6.87. The van der Waals surface area contributed by atoms with Gasteiger partial charge in [-0.05, 0) is 25.0 Å². The summed E-state index contributed by atoms with van der Waals surface area (Å²) >= 11 is 0. The molecule has 1 aromatic carbocycles. The lowest BCUT2D eigenvalue weighted by atomic mass is 9.96. The minimum Gasteiger partial charge on any atom is -0.492 e. The van der Waals surface area contributed by atoms with E-state index in [1.54, 1.807) is 11.7 Å². The van der Waals surface area contributed by atoms with Crippen molar-refractivity contribution in [2.45, 2.75) is 13.3 Å². The summed E-state index contributed by atoms with van der Waals surface area (Å²) in [5, 5.41) is 7.05. The molecule has 2 heterocycles. The Labute approximate surface area is 122 Å². The van der Waals surface area contributed by atoms with Crippen LogP contribution in [0.15, 0.2) is 24.3 Å². The summed E-state index contributed by atoms with van der Waals surface area (Å²) in [6.45, 7) is 2.19. The summed E-state index contributed by atoms with van der Waals surface area (Å²) in [5.41, 5.74) is 8.19. The quantitative estimate of drug-likeness (QED) is 0.876. The van der Waals surface area contributed by atoms with Crippen LogP contribution < -0.4 is 15.8 Å². The molecule has 0 saturated heterocycles. The lowest BCUT2D eigenvalue weighted by Gasteiger charge is -2.24. The Hall–Kier alpha value is -2.50. The number of nitrogen functional groups attached to an aromatic ring is 1. The van der Waals surface area contributed by atoms with Gasteiger partial charge < -0.3 is 15.8 Å². The number of aryl methyl sites for hydroxylation is 2. The van der Waals surface area contributed by atoms with Crippen LogP contribution in [0.1, 0.15) is 11.3 Å². The number of para-hydroxylation sites is 1. The van der Waals surface area contributed by atoms with Gasteiger partial charge in [0.25, 0.3) is 0 Å². The van der Waals surface area contributed by atoms with Gasteiger partial charge in [0.2, 0.25) is 5.91 Å². The molecule has 0 saturated carbocycles. The van der Waals surface area contributed by atoms with Crippen LogP contribution in [0.5, 0.6) is 5.75 Å². The zero-order valence-electron chi connectivity index (χ0n) is 12.1. The van der Waals surface area contributed by atoms with E-state index in [2.05, 4.69) is 10.4 Å². The van der Waals surface area contributed by atoms with E-state index >= 15 is 0 Å². The molecule has 0 aliphatic carbocycles. The molecule has 21 heavy (non-hydrogen) atoms. The minimum absolute atomic E-state index is 0.0980. The van der Waals surface area contributed by atoms with Gasteiger partial charge >= 0.3 is 0 Å². The molecule has 1 unspecified atom stereocenters. The molecule has 1 aliphatic rings. The molecule has 3 rings (SSSR count). The minimum atomic E-state index is -0.227. The van der Waals surface area contributed by atoms with Crippen molar-refractivity contribution in [1.29, 1.82) is 0 Å². The molecule has 0 radical (unpaired) electrons. The molecule has 0 spiro atoms. The van der Waals surface area contributed by atoms with E-state index in [0.717, 1.165) is 11.3 Å². The van der Waals surface area contributed by atoms with Crippen LogP contribution >= 0.6 is 0 Å². The maximum absolute atomic E-state index is 12.4. The van der Waals surface area contributed by atoms with Gasteiger partial charge in [-0.1, -0.05) is 18.2 Å². The van der Waals surface area contributed by atoms with Crippen LogP contribution in [0.3, 0.4) is 0 Å². The van der Waals surface area contributed by atoms with Crippen LogP contribution in [-0.2, 0) is 18.3 Å². The Bertz CT molecular complexity index is 693. The fourth-order valence-electron chi connectivity index (χ4n) is 2.54. The van der Waals surface area contributed by atoms with Gasteiger partial charge in [0.05, 0.1) is 17.3 Å². The third-order valence-electron chi connectivity index (χ3n) is 3.76. The second-order valence-corrected chi connectivity index (χ2v) is 5.28. The summed E-state index contributed by atoms with van der Waals surface area (Å²) in [7, 11) is 1.76. The van der Waals surface area contributed by atoms with Crippen molar-refractivity contribution >= 4 is 17.4 Å². The number of ether oxygens (including phenoxy) is 1. The Morgan fingerprint density at radius 1 is 1.48 bits per heavy atom. The Morgan fingerprint density at radius 2 is 2.24 bits per heavy atom. The van der Waals surface area contributed by atoms with Crippen molar-refractivity contribution in [2.75, 3.05) is 17.7 Å². The molecule has 1 aromatic heterocycles. The van der Waals surface area contributed by atoms with E-state index in [4.69, 9.17) is 10.5 Å². The van der Waals surface area contributed by atoms with Crippen LogP contribution in [0.2, 0.25) is 0 Å². The first-order valence-electron chi connectivity index (χ1n) is 6.87. The number of fused-ring (bicyclic) bond motifs is 1. The number of carbonyl (C=O) groups is 1. The SMILES string of the molecule is Cc1nn(C)c(NC(=O)C2COc3ccccc3C2)c1N. The molecule has 110 valence electrons. The van der Waals surface area contributed by atoms with Gasteiger partial charge in [-0.3, -0.25) is 9.48 Å². The van der Waals surface area contributed by atoms with Crippen LogP contribution in [0.4, 0.5) is 11.5 Å². The molecular formula is C15H18N4O2. The van der Waals surface area contributed by atoms with Crippen LogP contribution in [0, 0.1) is 12.8 Å². The second-order valence-electron chi connectivity index (χ2n) is 5.28. The highest BCUT2D eigenvalue weighted by molar-refractivity contribution is 5.95. The molecule has 1 aliphatic heterocycles. The first-order chi connectivity index (χ1) is 10.1. The zero-order valence-corrected chi connectivity index (χ0v) is 12.1. The maximum atomic E-state index is 12.4. The molecule has 3 N–H and O–H groups in total. The topological polar surface area (TPSA) is 82.2 Å². The lowest BCUT2D eigenvalue weighted by Crippen LogP contribution is -2.33. The molecule has 1 atom stereocenters. The monoisotopic (exact) mass is 286 g/mol. The number of benzene rings is 1. The van der Waals surface area contributed by atoms with E-state index in [0.29, 0.717) is 30.2 Å². The van der Waals surface area contributed by atoms with Crippen molar-refractivity contribution in [2.24, 2.45) is 13.0 Å². The van der Waals surface area contributed by atoms with Gasteiger partial charge in [0.1, 0.15) is 12.4 Å². The van der Waals surface area contributed by atoms with E-state index in [9.17, 15) is 4.79 Å². The first kappa shape index (κ1) is 13.5. The molecule has 2 aromatic rings. The Balaban J connectivity index is 1.75. The van der Waals surface area contributed by atoms with Crippen molar-refractivity contribution in [1.82, 2.24) is 9.78 Å². The average Bonchev–Trinajstić information content (AvgIpc) is 2.73. The number of anilines is 2. The smallest absolute Gasteiger partial charge is 0.232 e. The van der Waals surface area contributed by atoms with E-state index in [1.807, 2.05) is 31.2 Å². The summed E-state index contributed by atoms with van der Waals surface area (Å²) in [5.74, 6) is 1.07. The fourth-order valence-corrected chi connectivity index (χ4v) is 2.54. The van der Waals surface area contributed by atoms with Crippen molar-refractivity contribution in [3.8, 4) is 5.75 Å². The average molecular weight is 286 g/mol. The Kier molecular flexibility index (Phi) is 3.29. The van der Waals surface area contributed by atoms with Gasteiger partial charge in [-0.2, -0.15) is 5.10 Å². The number of nitrogens with one attached hydrogen (secondary N) is 1. The van der Waals surface area contributed by atoms with Gasteiger partial charge in [0.15, 0.2) is 5.82 Å². The highest BCUT2D eigenvalue weighted by Crippen LogP contribution is 2.28. The lowest BCUT2D eigenvalue weighted by molar-refractivity contribution is -0.121. The van der Waals surface area contributed by atoms with Gasteiger partial charge in [0, 0.05) is 7.05 Å². The van der Waals surface area contributed by atoms with E-state index in [-0.39, 0.29) is 11.8 Å². The zero-order chi connectivity index (χ0) is 15.0. The third-order valence-corrected chi connectivity index (χ3v) is 3.76. The summed E-state index contributed by atoms with van der Waals surface area (Å²) < 4.78 is 7.23. The van der Waals surface area contributed by atoms with Crippen molar-refractivity contribution < 1.29 is 9.53 Å².